The molecule has 0 amide bonds. The van der Waals surface area contributed by atoms with Gasteiger partial charge in [0.15, 0.2) is 0 Å². The number of benzene rings is 8. The third-order valence-corrected chi connectivity index (χ3v) is 13.2. The molecular formula is C54H36N2OS. The quantitative estimate of drug-likeness (QED) is 0.168. The highest BCUT2D eigenvalue weighted by Crippen LogP contribution is 2.51. The molecule has 12 rings (SSSR count). The number of hydrogen-bond donors (Lipinski definition) is 0. The Morgan fingerprint density at radius 3 is 1.98 bits per heavy atom. The van der Waals surface area contributed by atoms with E-state index in [9.17, 15) is 0 Å². The number of hydrogen-bond acceptors (Lipinski definition) is 4. The van der Waals surface area contributed by atoms with Gasteiger partial charge >= 0.3 is 0 Å². The van der Waals surface area contributed by atoms with E-state index in [4.69, 9.17) is 4.42 Å². The maximum Gasteiger partial charge on any atom is 0.135 e. The predicted molar refractivity (Wildman–Crippen MR) is 246 cm³/mol. The van der Waals surface area contributed by atoms with E-state index in [1.165, 1.54) is 59.4 Å². The monoisotopic (exact) mass is 760 g/mol. The van der Waals surface area contributed by atoms with Crippen LogP contribution >= 0.6 is 11.3 Å². The highest BCUT2D eigenvalue weighted by atomic mass is 32.1. The van der Waals surface area contributed by atoms with E-state index < -0.39 is 0 Å². The molecule has 3 nitrogen and oxygen atoms in total. The molecule has 2 unspecified atom stereocenters. The van der Waals surface area contributed by atoms with Gasteiger partial charge in [0.05, 0.1) is 6.04 Å². The largest absolute Gasteiger partial charge is 0.456 e. The second-order valence-corrected chi connectivity index (χ2v) is 16.3. The first-order valence-corrected chi connectivity index (χ1v) is 20.7. The summed E-state index contributed by atoms with van der Waals surface area (Å²) >= 11 is 1.89. The highest BCUT2D eigenvalue weighted by Gasteiger charge is 2.37. The smallest absolute Gasteiger partial charge is 0.135 e. The Labute approximate surface area is 340 Å². The van der Waals surface area contributed by atoms with E-state index in [1.54, 1.807) is 0 Å². The molecule has 0 spiro atoms. The van der Waals surface area contributed by atoms with Crippen LogP contribution in [-0.4, -0.2) is 6.04 Å². The van der Waals surface area contributed by atoms with Gasteiger partial charge in [-0.25, -0.2) is 0 Å². The number of para-hydroxylation sites is 2. The number of anilines is 5. The number of furan rings is 1. The summed E-state index contributed by atoms with van der Waals surface area (Å²) in [6, 6.07) is 66.3. The van der Waals surface area contributed by atoms with Gasteiger partial charge in [0.25, 0.3) is 0 Å². The van der Waals surface area contributed by atoms with Crippen LogP contribution in [0, 0.1) is 0 Å². The van der Waals surface area contributed by atoms with Gasteiger partial charge in [-0.3, -0.25) is 0 Å². The topological polar surface area (TPSA) is 19.6 Å². The van der Waals surface area contributed by atoms with Crippen LogP contribution in [0.2, 0.25) is 0 Å². The molecule has 0 fully saturated rings. The van der Waals surface area contributed by atoms with E-state index in [1.807, 2.05) is 23.5 Å². The van der Waals surface area contributed by atoms with Crippen LogP contribution in [0.3, 0.4) is 0 Å². The Bertz CT molecular complexity index is 3250. The van der Waals surface area contributed by atoms with E-state index in [0.29, 0.717) is 5.92 Å². The van der Waals surface area contributed by atoms with Crippen molar-refractivity contribution in [3.63, 3.8) is 0 Å². The third-order valence-electron chi connectivity index (χ3n) is 12.0. The molecule has 2 aliphatic rings. The minimum atomic E-state index is 0.228. The van der Waals surface area contributed by atoms with Crippen molar-refractivity contribution in [2.24, 2.45) is 0 Å². The zero-order valence-electron chi connectivity index (χ0n) is 31.5. The fourth-order valence-corrected chi connectivity index (χ4v) is 10.5. The van der Waals surface area contributed by atoms with E-state index in [0.717, 1.165) is 39.0 Å². The molecule has 58 heavy (non-hydrogen) atoms. The molecule has 0 N–H and O–H groups in total. The number of fused-ring (bicyclic) bond motifs is 9. The minimum Gasteiger partial charge on any atom is -0.456 e. The van der Waals surface area contributed by atoms with Crippen molar-refractivity contribution in [3.8, 4) is 22.3 Å². The molecular weight excluding hydrogens is 725 g/mol. The van der Waals surface area contributed by atoms with Crippen molar-refractivity contribution in [2.45, 2.75) is 12.0 Å². The molecule has 10 aromatic rings. The van der Waals surface area contributed by atoms with Crippen LogP contribution in [0.25, 0.3) is 64.4 Å². The normalized spacial score (nSPS) is 15.8. The van der Waals surface area contributed by atoms with Crippen LogP contribution < -0.4 is 9.80 Å². The Morgan fingerprint density at radius 2 is 1.14 bits per heavy atom. The maximum atomic E-state index is 6.25. The number of thiophene rings is 1. The zero-order valence-corrected chi connectivity index (χ0v) is 32.3. The van der Waals surface area contributed by atoms with Crippen molar-refractivity contribution in [2.75, 3.05) is 9.80 Å². The lowest BCUT2D eigenvalue weighted by Crippen LogP contribution is -2.28. The van der Waals surface area contributed by atoms with Crippen LogP contribution in [0.15, 0.2) is 211 Å². The Balaban J connectivity index is 1.01. The molecule has 274 valence electrons. The summed E-state index contributed by atoms with van der Waals surface area (Å²) in [5.41, 5.74) is 13.8. The summed E-state index contributed by atoms with van der Waals surface area (Å²) in [5, 5.41) is 4.83. The van der Waals surface area contributed by atoms with Gasteiger partial charge in [-0.2, -0.15) is 0 Å². The molecule has 4 heteroatoms. The summed E-state index contributed by atoms with van der Waals surface area (Å²) in [6.45, 7) is 0. The standard InChI is InChI=1S/C54H36N2OS/c1-2-12-35(13-3-1)36-22-26-38(27-23-36)55(40-30-31-52-47(32-40)44-16-6-10-20-51(44)57-52)39-28-24-37(25-29-39)46-33-41(34-48-45-17-7-11-21-53(45)58-54(46)48)56-49-18-8-4-14-42(49)43-15-5-9-19-50(43)56/h1-34,42,49H. The van der Waals surface area contributed by atoms with Crippen LogP contribution in [-0.2, 0) is 0 Å². The van der Waals surface area contributed by atoms with Gasteiger partial charge < -0.3 is 14.2 Å². The summed E-state index contributed by atoms with van der Waals surface area (Å²) in [7, 11) is 0. The van der Waals surface area contributed by atoms with Gasteiger partial charge in [-0.15, -0.1) is 11.3 Å². The second-order valence-electron chi connectivity index (χ2n) is 15.3. The predicted octanol–water partition coefficient (Wildman–Crippen LogP) is 15.5. The minimum absolute atomic E-state index is 0.228. The van der Waals surface area contributed by atoms with Crippen molar-refractivity contribution in [1.82, 2.24) is 0 Å². The van der Waals surface area contributed by atoms with Crippen LogP contribution in [0.1, 0.15) is 11.5 Å². The molecule has 1 aliphatic carbocycles. The van der Waals surface area contributed by atoms with Crippen LogP contribution in [0.4, 0.5) is 28.4 Å². The molecule has 0 saturated heterocycles. The zero-order chi connectivity index (χ0) is 38.2. The fraction of sp³-hybridized carbons (Fsp3) is 0.0370. The molecule has 2 aromatic heterocycles. The van der Waals surface area contributed by atoms with Crippen molar-refractivity contribution < 1.29 is 4.42 Å². The lowest BCUT2D eigenvalue weighted by Gasteiger charge is -2.29. The number of nitrogens with zero attached hydrogens (tertiary/aromatic N) is 2. The van der Waals surface area contributed by atoms with Gasteiger partial charge in [0, 0.05) is 70.9 Å². The average molecular weight is 761 g/mol. The van der Waals surface area contributed by atoms with Crippen molar-refractivity contribution >= 4 is 81.9 Å². The van der Waals surface area contributed by atoms with E-state index in [2.05, 4.69) is 204 Å². The van der Waals surface area contributed by atoms with Gasteiger partial charge in [-0.1, -0.05) is 133 Å². The van der Waals surface area contributed by atoms with Crippen molar-refractivity contribution in [1.29, 1.82) is 0 Å². The fourth-order valence-electron chi connectivity index (χ4n) is 9.28. The first kappa shape index (κ1) is 33.0. The van der Waals surface area contributed by atoms with Gasteiger partial charge in [-0.05, 0) is 95.1 Å². The Kier molecular flexibility index (Phi) is 7.54. The van der Waals surface area contributed by atoms with E-state index in [-0.39, 0.29) is 6.04 Å². The molecule has 8 aromatic carbocycles. The SMILES string of the molecule is C1=CC2c3ccccc3N(c3cc(-c4ccc(N(c5ccc(-c6ccccc6)cc5)c5ccc6oc7ccccc7c6c5)cc4)c4sc5ccccc5c4c3)C2C=C1. The van der Waals surface area contributed by atoms with Crippen molar-refractivity contribution in [3.05, 3.63) is 212 Å². The summed E-state index contributed by atoms with van der Waals surface area (Å²) in [5.74, 6) is 0.325. The summed E-state index contributed by atoms with van der Waals surface area (Å²) in [4.78, 5) is 4.91. The van der Waals surface area contributed by atoms with Gasteiger partial charge in [0.1, 0.15) is 11.2 Å². The van der Waals surface area contributed by atoms with Gasteiger partial charge in [0.2, 0.25) is 0 Å². The summed E-state index contributed by atoms with van der Waals surface area (Å²) < 4.78 is 8.87. The highest BCUT2D eigenvalue weighted by molar-refractivity contribution is 7.26. The Hall–Kier alpha value is -7.14. The molecule has 0 bridgehead atoms. The molecule has 3 heterocycles. The first-order chi connectivity index (χ1) is 28.7. The lowest BCUT2D eigenvalue weighted by atomic mass is 9.91. The first-order valence-electron chi connectivity index (χ1n) is 19.9. The number of rotatable bonds is 6. The molecule has 1 aliphatic heterocycles. The second kappa shape index (κ2) is 13.2. The lowest BCUT2D eigenvalue weighted by molar-refractivity contribution is 0.669. The molecule has 2 atom stereocenters. The average Bonchev–Trinajstić information content (AvgIpc) is 3.97. The molecule has 0 saturated carbocycles. The van der Waals surface area contributed by atoms with E-state index >= 15 is 0 Å². The number of allylic oxidation sites excluding steroid dienone is 2. The maximum absolute atomic E-state index is 6.25. The Morgan fingerprint density at radius 1 is 0.483 bits per heavy atom. The molecule has 0 radical (unpaired) electrons. The van der Waals surface area contributed by atoms with Crippen LogP contribution in [0.5, 0.6) is 0 Å². The third kappa shape index (κ3) is 5.26. The summed E-state index contributed by atoms with van der Waals surface area (Å²) in [6.07, 6.45) is 9.11.